The third-order valence-electron chi connectivity index (χ3n) is 5.08. The van der Waals surface area contributed by atoms with Crippen molar-refractivity contribution in [1.29, 1.82) is 0 Å². The molecule has 4 nitrogen and oxygen atoms in total. The number of ketones is 1. The Morgan fingerprint density at radius 3 is 2.23 bits per heavy atom. The van der Waals surface area contributed by atoms with Gasteiger partial charge in [0.15, 0.2) is 5.78 Å². The van der Waals surface area contributed by atoms with Crippen molar-refractivity contribution in [2.75, 3.05) is 19.6 Å². The molecule has 2 fully saturated rings. The Morgan fingerprint density at radius 2 is 1.73 bits per heavy atom. The lowest BCUT2D eigenvalue weighted by Crippen LogP contribution is -2.29. The number of nitrogens with zero attached hydrogens (tertiary/aromatic N) is 1. The molecule has 1 unspecified atom stereocenters. The zero-order valence-electron chi connectivity index (χ0n) is 13.3. The third-order valence-corrected chi connectivity index (χ3v) is 5.08. The molecule has 0 aromatic heterocycles. The van der Waals surface area contributed by atoms with Gasteiger partial charge in [-0.3, -0.25) is 9.69 Å². The third kappa shape index (κ3) is 3.24. The summed E-state index contributed by atoms with van der Waals surface area (Å²) in [6, 6.07) is 7.25. The molecule has 1 saturated heterocycles. The number of Topliss-reactive ketones (excluding diaryl/α,β-unsaturated/α-hetero) is 1. The summed E-state index contributed by atoms with van der Waals surface area (Å²) in [4.78, 5) is 14.6. The van der Waals surface area contributed by atoms with E-state index in [2.05, 4.69) is 4.90 Å². The smallest absolute Gasteiger partial charge is 0.176 e. The Hall–Kier alpha value is -1.23. The molecule has 1 aliphatic heterocycles. The fourth-order valence-corrected chi connectivity index (χ4v) is 3.85. The predicted molar refractivity (Wildman–Crippen MR) is 84.7 cm³/mol. The van der Waals surface area contributed by atoms with E-state index < -0.39 is 5.60 Å². The van der Waals surface area contributed by atoms with E-state index in [0.717, 1.165) is 31.5 Å². The lowest BCUT2D eigenvalue weighted by atomic mass is 9.96. The zero-order chi connectivity index (χ0) is 15.9. The van der Waals surface area contributed by atoms with E-state index in [1.54, 1.807) is 26.0 Å². The molecule has 1 aromatic carbocycles. The van der Waals surface area contributed by atoms with Gasteiger partial charge in [-0.2, -0.15) is 0 Å². The lowest BCUT2D eigenvalue weighted by molar-refractivity contribution is 0.0784. The fourth-order valence-electron chi connectivity index (χ4n) is 3.85. The van der Waals surface area contributed by atoms with Gasteiger partial charge in [-0.05, 0) is 44.1 Å². The molecular weight excluding hydrogens is 278 g/mol. The average Bonchev–Trinajstić information content (AvgIpc) is 2.94. The first kappa shape index (κ1) is 15.7. The van der Waals surface area contributed by atoms with Crippen LogP contribution in [0, 0.1) is 11.8 Å². The first-order valence-electron chi connectivity index (χ1n) is 8.09. The number of carbonyl (C=O) groups excluding carboxylic acids is 1. The molecule has 2 N–H and O–H groups in total. The van der Waals surface area contributed by atoms with E-state index in [1.165, 1.54) is 0 Å². The number of aliphatic hydroxyl groups excluding tert-OH is 1. The van der Waals surface area contributed by atoms with Crippen LogP contribution in [0.25, 0.3) is 0 Å². The first-order chi connectivity index (χ1) is 10.3. The van der Waals surface area contributed by atoms with Crippen molar-refractivity contribution in [3.63, 3.8) is 0 Å². The lowest BCUT2D eigenvalue weighted by Gasteiger charge is -2.19. The minimum Gasteiger partial charge on any atom is -0.393 e. The summed E-state index contributed by atoms with van der Waals surface area (Å²) in [5.74, 6) is 1.24. The van der Waals surface area contributed by atoms with Crippen molar-refractivity contribution in [3.8, 4) is 0 Å². The molecular formula is C18H25NO3. The second-order valence-electron chi connectivity index (χ2n) is 7.40. The van der Waals surface area contributed by atoms with Crippen LogP contribution in [0.2, 0.25) is 0 Å². The molecule has 1 aromatic rings. The summed E-state index contributed by atoms with van der Waals surface area (Å²) in [5, 5.41) is 19.6. The highest BCUT2D eigenvalue weighted by Crippen LogP contribution is 2.37. The number of hydrogen-bond acceptors (Lipinski definition) is 4. The van der Waals surface area contributed by atoms with Crippen LogP contribution in [0.15, 0.2) is 24.3 Å². The van der Waals surface area contributed by atoms with Crippen LogP contribution >= 0.6 is 0 Å². The second kappa shape index (κ2) is 5.76. The van der Waals surface area contributed by atoms with Crippen LogP contribution in [0.1, 0.15) is 42.6 Å². The molecule has 0 bridgehead atoms. The Balaban J connectivity index is 1.59. The van der Waals surface area contributed by atoms with E-state index in [-0.39, 0.29) is 11.9 Å². The summed E-state index contributed by atoms with van der Waals surface area (Å²) in [6.07, 6.45) is 1.63. The van der Waals surface area contributed by atoms with Gasteiger partial charge in [0.2, 0.25) is 0 Å². The van der Waals surface area contributed by atoms with E-state index in [1.807, 2.05) is 12.1 Å². The number of fused-ring (bicyclic) bond motifs is 1. The van der Waals surface area contributed by atoms with Crippen LogP contribution in [0.5, 0.6) is 0 Å². The van der Waals surface area contributed by atoms with Gasteiger partial charge in [0.1, 0.15) is 0 Å². The van der Waals surface area contributed by atoms with Gasteiger partial charge < -0.3 is 10.2 Å². The number of benzene rings is 1. The highest BCUT2D eigenvalue weighted by Gasteiger charge is 2.40. The van der Waals surface area contributed by atoms with E-state index in [0.29, 0.717) is 23.9 Å². The Kier molecular flexibility index (Phi) is 4.10. The standard InChI is InChI=1S/C18H25NO3/c1-18(2,22)15-5-3-12(4-6-15)17(21)11-19-9-13-7-16(20)8-14(13)10-19/h3-6,13-14,16,20,22H,7-11H2,1-2H3/t13-,14+,16?. The molecule has 3 rings (SSSR count). The number of rotatable bonds is 4. The molecule has 0 radical (unpaired) electrons. The molecule has 0 spiro atoms. The van der Waals surface area contributed by atoms with Crippen molar-refractivity contribution in [3.05, 3.63) is 35.4 Å². The van der Waals surface area contributed by atoms with Crippen LogP contribution in [-0.2, 0) is 5.60 Å². The molecule has 4 heteroatoms. The normalized spacial score (nSPS) is 28.8. The average molecular weight is 303 g/mol. The number of carbonyl (C=O) groups is 1. The minimum atomic E-state index is -0.880. The quantitative estimate of drug-likeness (QED) is 0.833. The highest BCUT2D eigenvalue weighted by molar-refractivity contribution is 5.97. The Morgan fingerprint density at radius 1 is 1.18 bits per heavy atom. The van der Waals surface area contributed by atoms with Gasteiger partial charge in [-0.25, -0.2) is 0 Å². The van der Waals surface area contributed by atoms with Crippen molar-refractivity contribution in [1.82, 2.24) is 4.90 Å². The van der Waals surface area contributed by atoms with Crippen molar-refractivity contribution in [2.24, 2.45) is 11.8 Å². The van der Waals surface area contributed by atoms with Crippen LogP contribution in [-0.4, -0.2) is 46.6 Å². The van der Waals surface area contributed by atoms with Gasteiger partial charge in [-0.1, -0.05) is 24.3 Å². The SMILES string of the molecule is CC(C)(O)c1ccc(C(=O)CN2C[C@H]3CC(O)C[C@H]3C2)cc1. The van der Waals surface area contributed by atoms with Gasteiger partial charge >= 0.3 is 0 Å². The highest BCUT2D eigenvalue weighted by atomic mass is 16.3. The van der Waals surface area contributed by atoms with E-state index in [4.69, 9.17) is 0 Å². The molecule has 0 amide bonds. The van der Waals surface area contributed by atoms with Crippen molar-refractivity contribution in [2.45, 2.75) is 38.4 Å². The Labute approximate surface area is 131 Å². The summed E-state index contributed by atoms with van der Waals surface area (Å²) in [5.41, 5.74) is 0.633. The Bertz CT molecular complexity index is 532. The molecule has 1 heterocycles. The number of aliphatic hydroxyl groups is 2. The predicted octanol–water partition coefficient (Wildman–Crippen LogP) is 1.80. The second-order valence-corrected chi connectivity index (χ2v) is 7.40. The largest absolute Gasteiger partial charge is 0.393 e. The van der Waals surface area contributed by atoms with Crippen molar-refractivity contribution < 1.29 is 15.0 Å². The van der Waals surface area contributed by atoms with Crippen LogP contribution < -0.4 is 0 Å². The van der Waals surface area contributed by atoms with Crippen LogP contribution in [0.4, 0.5) is 0 Å². The number of likely N-dealkylation sites (tertiary alicyclic amines) is 1. The minimum absolute atomic E-state index is 0.128. The molecule has 1 saturated carbocycles. The van der Waals surface area contributed by atoms with Gasteiger partial charge in [0, 0.05) is 18.7 Å². The van der Waals surface area contributed by atoms with Crippen LogP contribution in [0.3, 0.4) is 0 Å². The maximum atomic E-state index is 12.4. The van der Waals surface area contributed by atoms with E-state index >= 15 is 0 Å². The summed E-state index contributed by atoms with van der Waals surface area (Å²) in [7, 11) is 0. The summed E-state index contributed by atoms with van der Waals surface area (Å²) in [6.45, 7) is 5.78. The van der Waals surface area contributed by atoms with Gasteiger partial charge in [0.25, 0.3) is 0 Å². The molecule has 120 valence electrons. The number of hydrogen-bond donors (Lipinski definition) is 2. The van der Waals surface area contributed by atoms with Gasteiger partial charge in [-0.15, -0.1) is 0 Å². The monoisotopic (exact) mass is 303 g/mol. The molecule has 22 heavy (non-hydrogen) atoms. The molecule has 3 atom stereocenters. The van der Waals surface area contributed by atoms with Gasteiger partial charge in [0.05, 0.1) is 18.2 Å². The van der Waals surface area contributed by atoms with Crippen molar-refractivity contribution >= 4 is 5.78 Å². The first-order valence-corrected chi connectivity index (χ1v) is 8.09. The fraction of sp³-hybridized carbons (Fsp3) is 0.611. The summed E-state index contributed by atoms with van der Waals surface area (Å²) < 4.78 is 0. The topological polar surface area (TPSA) is 60.8 Å². The van der Waals surface area contributed by atoms with E-state index in [9.17, 15) is 15.0 Å². The zero-order valence-corrected chi connectivity index (χ0v) is 13.3. The summed E-state index contributed by atoms with van der Waals surface area (Å²) >= 11 is 0. The molecule has 1 aliphatic carbocycles. The maximum absolute atomic E-state index is 12.4. The molecule has 2 aliphatic rings. The maximum Gasteiger partial charge on any atom is 0.176 e.